The molecule has 7 nitrogen and oxygen atoms in total. The lowest BCUT2D eigenvalue weighted by atomic mass is 10.1. The van der Waals surface area contributed by atoms with Crippen molar-refractivity contribution in [3.8, 4) is 11.5 Å². The number of hydrogen-bond donors (Lipinski definition) is 1. The summed E-state index contributed by atoms with van der Waals surface area (Å²) in [5, 5.41) is 2.84. The number of rotatable bonds is 10. The number of halogens is 1. The first-order chi connectivity index (χ1) is 16.0. The lowest BCUT2D eigenvalue weighted by Gasteiger charge is -2.22. The predicted octanol–water partition coefficient (Wildman–Crippen LogP) is 2.50. The minimum Gasteiger partial charge on any atom is -0.497 e. The molecule has 1 fully saturated rings. The fourth-order valence-corrected chi connectivity index (χ4v) is 3.73. The van der Waals surface area contributed by atoms with Gasteiger partial charge in [0.2, 0.25) is 11.8 Å². The average Bonchev–Trinajstić information content (AvgIpc) is 3.07. The summed E-state index contributed by atoms with van der Waals surface area (Å²) in [6, 6.07) is 13.6. The Hall–Kier alpha value is -3.13. The molecule has 0 atom stereocenters. The smallest absolute Gasteiger partial charge is 0.234 e. The standard InChI is InChI=1S/C25H32FN3O4/c1-32-22-8-3-20(4-9-22)5-12-25(31)29-15-2-14-28(16-17-29)19-24(30)27-13-18-33-23-10-6-21(26)7-11-23/h3-4,6-11H,2,5,12-19H2,1H3,(H,27,30). The number of nitrogens with zero attached hydrogens (tertiary/aromatic N) is 2. The van der Waals surface area contributed by atoms with Crippen LogP contribution in [0.25, 0.3) is 0 Å². The van der Waals surface area contributed by atoms with Crippen molar-refractivity contribution in [3.63, 3.8) is 0 Å². The molecule has 1 N–H and O–H groups in total. The van der Waals surface area contributed by atoms with Crippen molar-refractivity contribution in [2.75, 3.05) is 53.0 Å². The number of aryl methyl sites for hydroxylation is 1. The molecule has 178 valence electrons. The Balaban J connectivity index is 1.32. The second-order valence-corrected chi connectivity index (χ2v) is 8.01. The number of carbonyl (C=O) groups is 2. The van der Waals surface area contributed by atoms with Gasteiger partial charge in [-0.25, -0.2) is 4.39 Å². The second kappa shape index (κ2) is 12.8. The highest BCUT2D eigenvalue weighted by molar-refractivity contribution is 5.78. The van der Waals surface area contributed by atoms with Crippen LogP contribution in [-0.2, 0) is 16.0 Å². The van der Waals surface area contributed by atoms with Crippen LogP contribution in [0.1, 0.15) is 18.4 Å². The number of ether oxygens (including phenoxy) is 2. The monoisotopic (exact) mass is 457 g/mol. The van der Waals surface area contributed by atoms with E-state index in [9.17, 15) is 14.0 Å². The van der Waals surface area contributed by atoms with Gasteiger partial charge in [0.05, 0.1) is 20.2 Å². The van der Waals surface area contributed by atoms with E-state index in [1.807, 2.05) is 29.2 Å². The topological polar surface area (TPSA) is 71.1 Å². The Morgan fingerprint density at radius 1 is 0.970 bits per heavy atom. The van der Waals surface area contributed by atoms with Gasteiger partial charge in [-0.3, -0.25) is 14.5 Å². The number of hydrogen-bond acceptors (Lipinski definition) is 5. The van der Waals surface area contributed by atoms with Crippen molar-refractivity contribution in [1.29, 1.82) is 0 Å². The third kappa shape index (κ3) is 8.38. The van der Waals surface area contributed by atoms with E-state index >= 15 is 0 Å². The maximum Gasteiger partial charge on any atom is 0.234 e. The van der Waals surface area contributed by atoms with Gasteiger partial charge in [-0.1, -0.05) is 12.1 Å². The first-order valence-electron chi connectivity index (χ1n) is 11.3. The Bertz CT molecular complexity index is 890. The molecular formula is C25H32FN3O4. The molecule has 1 heterocycles. The van der Waals surface area contributed by atoms with E-state index in [2.05, 4.69) is 10.2 Å². The second-order valence-electron chi connectivity index (χ2n) is 8.01. The van der Waals surface area contributed by atoms with Crippen LogP contribution in [0.2, 0.25) is 0 Å². The number of amides is 2. The maximum atomic E-state index is 12.9. The van der Waals surface area contributed by atoms with Crippen molar-refractivity contribution in [1.82, 2.24) is 15.1 Å². The minimum atomic E-state index is -0.314. The van der Waals surface area contributed by atoms with Gasteiger partial charge in [-0.2, -0.15) is 0 Å². The zero-order valence-corrected chi connectivity index (χ0v) is 19.1. The fraction of sp³-hybridized carbons (Fsp3) is 0.440. The first kappa shape index (κ1) is 24.5. The van der Waals surface area contributed by atoms with Crippen LogP contribution in [0.3, 0.4) is 0 Å². The number of benzene rings is 2. The molecule has 2 amide bonds. The van der Waals surface area contributed by atoms with Gasteiger partial charge >= 0.3 is 0 Å². The highest BCUT2D eigenvalue weighted by Crippen LogP contribution is 2.14. The normalized spacial score (nSPS) is 14.4. The lowest BCUT2D eigenvalue weighted by Crippen LogP contribution is -2.41. The first-order valence-corrected chi connectivity index (χ1v) is 11.3. The Morgan fingerprint density at radius 2 is 1.70 bits per heavy atom. The van der Waals surface area contributed by atoms with E-state index in [0.29, 0.717) is 57.9 Å². The third-order valence-electron chi connectivity index (χ3n) is 5.60. The summed E-state index contributed by atoms with van der Waals surface area (Å²) in [5.74, 6) is 1.13. The summed E-state index contributed by atoms with van der Waals surface area (Å²) >= 11 is 0. The summed E-state index contributed by atoms with van der Waals surface area (Å²) in [5.41, 5.74) is 1.11. The summed E-state index contributed by atoms with van der Waals surface area (Å²) in [6.45, 7) is 3.78. The highest BCUT2D eigenvalue weighted by Gasteiger charge is 2.20. The van der Waals surface area contributed by atoms with Gasteiger partial charge in [-0.05, 0) is 54.8 Å². The maximum absolute atomic E-state index is 12.9. The molecular weight excluding hydrogens is 425 g/mol. The zero-order chi connectivity index (χ0) is 23.5. The zero-order valence-electron chi connectivity index (χ0n) is 19.1. The molecule has 0 aromatic heterocycles. The average molecular weight is 458 g/mol. The Morgan fingerprint density at radius 3 is 2.42 bits per heavy atom. The minimum absolute atomic E-state index is 0.0722. The SMILES string of the molecule is COc1ccc(CCC(=O)N2CCCN(CC(=O)NCCOc3ccc(F)cc3)CC2)cc1. The van der Waals surface area contributed by atoms with Crippen LogP contribution in [0, 0.1) is 5.82 Å². The molecule has 0 spiro atoms. The van der Waals surface area contributed by atoms with Crippen LogP contribution in [-0.4, -0.2) is 74.6 Å². The van der Waals surface area contributed by atoms with Gasteiger partial charge in [0, 0.05) is 32.6 Å². The van der Waals surface area contributed by atoms with E-state index in [1.54, 1.807) is 19.2 Å². The van der Waals surface area contributed by atoms with Crippen LogP contribution in [0.15, 0.2) is 48.5 Å². The van der Waals surface area contributed by atoms with Gasteiger partial charge in [0.1, 0.15) is 23.9 Å². The van der Waals surface area contributed by atoms with Crippen molar-refractivity contribution in [3.05, 3.63) is 59.9 Å². The van der Waals surface area contributed by atoms with Gasteiger partial charge < -0.3 is 19.7 Å². The molecule has 0 radical (unpaired) electrons. The molecule has 8 heteroatoms. The van der Waals surface area contributed by atoms with Crippen LogP contribution in [0.4, 0.5) is 4.39 Å². The molecule has 0 unspecified atom stereocenters. The van der Waals surface area contributed by atoms with Crippen LogP contribution >= 0.6 is 0 Å². The number of nitrogens with one attached hydrogen (secondary N) is 1. The third-order valence-corrected chi connectivity index (χ3v) is 5.60. The van der Waals surface area contributed by atoms with Gasteiger partial charge in [-0.15, -0.1) is 0 Å². The molecule has 0 aliphatic carbocycles. The Kier molecular flexibility index (Phi) is 9.50. The van der Waals surface area contributed by atoms with E-state index in [1.165, 1.54) is 12.1 Å². The molecule has 3 rings (SSSR count). The Labute approximate surface area is 194 Å². The molecule has 0 saturated carbocycles. The van der Waals surface area contributed by atoms with E-state index in [0.717, 1.165) is 24.3 Å². The van der Waals surface area contributed by atoms with Crippen molar-refractivity contribution in [2.24, 2.45) is 0 Å². The fourth-order valence-electron chi connectivity index (χ4n) is 3.73. The van der Waals surface area contributed by atoms with Crippen molar-refractivity contribution in [2.45, 2.75) is 19.3 Å². The number of carbonyl (C=O) groups excluding carboxylic acids is 2. The molecule has 33 heavy (non-hydrogen) atoms. The van der Waals surface area contributed by atoms with Crippen LogP contribution < -0.4 is 14.8 Å². The van der Waals surface area contributed by atoms with E-state index in [-0.39, 0.29) is 17.6 Å². The van der Waals surface area contributed by atoms with Crippen molar-refractivity contribution < 1.29 is 23.5 Å². The van der Waals surface area contributed by atoms with Gasteiger partial charge in [0.15, 0.2) is 0 Å². The number of methoxy groups -OCH3 is 1. The molecule has 2 aromatic rings. The highest BCUT2D eigenvalue weighted by atomic mass is 19.1. The van der Waals surface area contributed by atoms with Crippen molar-refractivity contribution >= 4 is 11.8 Å². The summed E-state index contributed by atoms with van der Waals surface area (Å²) in [4.78, 5) is 28.9. The molecule has 2 aromatic carbocycles. The molecule has 1 aliphatic heterocycles. The molecule has 0 bridgehead atoms. The lowest BCUT2D eigenvalue weighted by molar-refractivity contribution is -0.131. The molecule has 1 saturated heterocycles. The van der Waals surface area contributed by atoms with Gasteiger partial charge in [0.25, 0.3) is 0 Å². The summed E-state index contributed by atoms with van der Waals surface area (Å²) in [6.07, 6.45) is 2.02. The predicted molar refractivity (Wildman–Crippen MR) is 124 cm³/mol. The molecule has 1 aliphatic rings. The quantitative estimate of drug-likeness (QED) is 0.555. The largest absolute Gasteiger partial charge is 0.497 e. The summed E-state index contributed by atoms with van der Waals surface area (Å²) in [7, 11) is 1.63. The van der Waals surface area contributed by atoms with E-state index in [4.69, 9.17) is 9.47 Å². The van der Waals surface area contributed by atoms with Crippen LogP contribution in [0.5, 0.6) is 11.5 Å². The summed E-state index contributed by atoms with van der Waals surface area (Å²) < 4.78 is 23.5. The van der Waals surface area contributed by atoms with E-state index < -0.39 is 0 Å².